The van der Waals surface area contributed by atoms with E-state index in [0.717, 1.165) is 25.0 Å². The Balaban J connectivity index is 2.04. The van der Waals surface area contributed by atoms with Crippen LogP contribution in [0.4, 0.5) is 5.82 Å². The van der Waals surface area contributed by atoms with Gasteiger partial charge in [0, 0.05) is 20.2 Å². The molecule has 154 valence electrons. The van der Waals surface area contributed by atoms with Gasteiger partial charge in [0.1, 0.15) is 11.8 Å². The molecule has 2 aromatic rings. The molecule has 1 aliphatic rings. The maximum absolute atomic E-state index is 12.8. The number of nitrogens with zero attached hydrogens (tertiary/aromatic N) is 4. The molecule has 2 heterocycles. The van der Waals surface area contributed by atoms with Crippen molar-refractivity contribution in [2.75, 3.05) is 31.7 Å². The maximum atomic E-state index is 12.8. The molecule has 1 saturated heterocycles. The number of hydrogen-bond donors (Lipinski definition) is 0. The molecule has 0 unspecified atom stereocenters. The minimum Gasteiger partial charge on any atom is -0.459 e. The van der Waals surface area contributed by atoms with Crippen LogP contribution in [-0.4, -0.2) is 48.8 Å². The van der Waals surface area contributed by atoms with Crippen LogP contribution in [0, 0.1) is 23.2 Å². The average molecular weight is 396 g/mol. The van der Waals surface area contributed by atoms with Crippen molar-refractivity contribution in [3.05, 3.63) is 30.0 Å². The smallest absolute Gasteiger partial charge is 0.330 e. The minimum atomic E-state index is -1.14. The Hall–Kier alpha value is -2.72. The number of para-hydroxylation sites is 2. The summed E-state index contributed by atoms with van der Waals surface area (Å²) < 4.78 is 10.4. The molecule has 0 N–H and O–H groups in total. The second kappa shape index (κ2) is 9.19. The fraction of sp³-hybridized carbons (Fsp3) is 0.545. The van der Waals surface area contributed by atoms with Gasteiger partial charge in [-0.15, -0.1) is 0 Å². The van der Waals surface area contributed by atoms with Gasteiger partial charge < -0.3 is 14.4 Å². The molecule has 0 spiro atoms. The molecule has 7 nitrogen and oxygen atoms in total. The lowest BCUT2D eigenvalue weighted by molar-refractivity contribution is -0.150. The van der Waals surface area contributed by atoms with Crippen LogP contribution in [0.15, 0.2) is 24.3 Å². The molecular weight excluding hydrogens is 368 g/mol. The number of benzene rings is 1. The van der Waals surface area contributed by atoms with E-state index in [1.54, 1.807) is 6.92 Å². The third-order valence-corrected chi connectivity index (χ3v) is 5.10. The number of carbonyl (C=O) groups excluding carboxylic acids is 1. The van der Waals surface area contributed by atoms with Crippen LogP contribution in [0.2, 0.25) is 0 Å². The van der Waals surface area contributed by atoms with E-state index in [-0.39, 0.29) is 6.61 Å². The Bertz CT molecular complexity index is 901. The molecule has 0 bridgehead atoms. The van der Waals surface area contributed by atoms with Crippen molar-refractivity contribution in [2.45, 2.75) is 39.2 Å². The number of carbonyl (C=O) groups is 1. The number of ether oxygens (including phenoxy) is 2. The molecule has 7 heteroatoms. The van der Waals surface area contributed by atoms with Gasteiger partial charge in [0.05, 0.1) is 23.7 Å². The van der Waals surface area contributed by atoms with Gasteiger partial charge in [-0.2, -0.15) is 5.26 Å². The zero-order chi connectivity index (χ0) is 21.0. The van der Waals surface area contributed by atoms with Crippen LogP contribution in [-0.2, 0) is 14.3 Å². The molecule has 0 aliphatic carbocycles. The summed E-state index contributed by atoms with van der Waals surface area (Å²) in [6.07, 6.45) is 0.695. The van der Waals surface area contributed by atoms with Gasteiger partial charge in [0.15, 0.2) is 11.7 Å². The van der Waals surface area contributed by atoms with Gasteiger partial charge in [-0.3, -0.25) is 4.79 Å². The Morgan fingerprint density at radius 3 is 2.45 bits per heavy atom. The molecule has 0 amide bonds. The predicted octanol–water partition coefficient (Wildman–Crippen LogP) is 3.30. The number of aromatic nitrogens is 2. The first-order valence-electron chi connectivity index (χ1n) is 10.0. The Morgan fingerprint density at radius 2 is 1.86 bits per heavy atom. The number of nitriles is 1. The second-order valence-electron chi connectivity index (χ2n) is 8.04. The lowest BCUT2D eigenvalue weighted by Gasteiger charge is -2.36. The van der Waals surface area contributed by atoms with Crippen molar-refractivity contribution < 1.29 is 14.3 Å². The van der Waals surface area contributed by atoms with Gasteiger partial charge in [0.25, 0.3) is 0 Å². The average Bonchev–Trinajstić information content (AvgIpc) is 2.67. The fourth-order valence-corrected chi connectivity index (χ4v) is 4.03. The van der Waals surface area contributed by atoms with Crippen LogP contribution >= 0.6 is 0 Å². The van der Waals surface area contributed by atoms with E-state index < -0.39 is 18.0 Å². The topological polar surface area (TPSA) is 88.3 Å². The van der Waals surface area contributed by atoms with Gasteiger partial charge in [-0.05, 0) is 37.3 Å². The zero-order valence-corrected chi connectivity index (χ0v) is 17.5. The highest BCUT2D eigenvalue weighted by molar-refractivity contribution is 5.85. The van der Waals surface area contributed by atoms with Crippen LogP contribution in [0.3, 0.4) is 0 Å². The van der Waals surface area contributed by atoms with Crippen LogP contribution < -0.4 is 4.90 Å². The van der Waals surface area contributed by atoms with Gasteiger partial charge in [0.2, 0.25) is 0 Å². The Morgan fingerprint density at radius 1 is 1.24 bits per heavy atom. The summed E-state index contributed by atoms with van der Waals surface area (Å²) in [7, 11) is 1.54. The molecule has 3 rings (SSSR count). The third-order valence-electron chi connectivity index (χ3n) is 5.10. The van der Waals surface area contributed by atoms with E-state index in [1.807, 2.05) is 24.3 Å². The highest BCUT2D eigenvalue weighted by Crippen LogP contribution is 2.32. The Kier molecular flexibility index (Phi) is 6.65. The van der Waals surface area contributed by atoms with Crippen molar-refractivity contribution in [3.8, 4) is 6.07 Å². The largest absolute Gasteiger partial charge is 0.459 e. The minimum absolute atomic E-state index is 0.265. The highest BCUT2D eigenvalue weighted by atomic mass is 16.6. The van der Waals surface area contributed by atoms with Gasteiger partial charge in [-0.1, -0.05) is 26.0 Å². The zero-order valence-electron chi connectivity index (χ0n) is 17.5. The molecule has 29 heavy (non-hydrogen) atoms. The van der Waals surface area contributed by atoms with E-state index in [4.69, 9.17) is 14.5 Å². The number of anilines is 1. The van der Waals surface area contributed by atoms with Gasteiger partial charge in [-0.25, -0.2) is 9.97 Å². The summed E-state index contributed by atoms with van der Waals surface area (Å²) >= 11 is 0. The number of piperidine rings is 1. The Labute approximate surface area is 171 Å². The molecule has 1 aromatic carbocycles. The highest BCUT2D eigenvalue weighted by Gasteiger charge is 2.33. The van der Waals surface area contributed by atoms with Crippen LogP contribution in [0.25, 0.3) is 11.0 Å². The normalized spacial score (nSPS) is 21.4. The summed E-state index contributed by atoms with van der Waals surface area (Å²) in [5, 5.41) is 9.82. The number of fused-ring (bicyclic) bond motifs is 1. The molecule has 1 fully saturated rings. The summed E-state index contributed by atoms with van der Waals surface area (Å²) in [5.74, 6) is -0.178. The molecule has 1 aromatic heterocycles. The molecule has 0 radical (unpaired) electrons. The van der Waals surface area contributed by atoms with E-state index in [2.05, 4.69) is 29.8 Å². The number of rotatable bonds is 6. The lowest BCUT2D eigenvalue weighted by atomic mass is 9.91. The van der Waals surface area contributed by atoms with Crippen molar-refractivity contribution >= 4 is 22.8 Å². The van der Waals surface area contributed by atoms with E-state index in [9.17, 15) is 10.1 Å². The van der Waals surface area contributed by atoms with Crippen molar-refractivity contribution in [1.29, 1.82) is 5.26 Å². The standard InChI is InChI=1S/C22H28N4O3/c1-14-9-15(2)12-26(11-14)21-20(24-18-7-5-6-8-19(18)25-21)17(10-23)22(27)29-16(3)13-28-4/h5-8,14-17H,9,11-13H2,1-4H3/t14-,15-,16+,17-/m1/s1. The summed E-state index contributed by atoms with van der Waals surface area (Å²) in [6, 6.07) is 9.60. The van der Waals surface area contributed by atoms with Gasteiger partial charge >= 0.3 is 5.97 Å². The SMILES string of the molecule is COC[C@H](C)OC(=O)[C@H](C#N)c1nc2ccccc2nc1N1C[C@H](C)C[C@@H](C)C1. The predicted molar refractivity (Wildman–Crippen MR) is 110 cm³/mol. The van der Waals surface area contributed by atoms with Crippen LogP contribution in [0.5, 0.6) is 0 Å². The molecular formula is C22H28N4O3. The molecule has 1 aliphatic heterocycles. The van der Waals surface area contributed by atoms with Crippen molar-refractivity contribution in [2.24, 2.45) is 11.8 Å². The number of esters is 1. The van der Waals surface area contributed by atoms with Crippen LogP contribution in [0.1, 0.15) is 38.8 Å². The third kappa shape index (κ3) is 4.83. The first-order valence-corrected chi connectivity index (χ1v) is 10.0. The number of hydrogen-bond acceptors (Lipinski definition) is 7. The second-order valence-corrected chi connectivity index (χ2v) is 8.04. The van der Waals surface area contributed by atoms with E-state index >= 15 is 0 Å². The van der Waals surface area contributed by atoms with E-state index in [1.165, 1.54) is 7.11 Å². The summed E-state index contributed by atoms with van der Waals surface area (Å²) in [5.41, 5.74) is 1.76. The van der Waals surface area contributed by atoms with Crippen molar-refractivity contribution in [3.63, 3.8) is 0 Å². The summed E-state index contributed by atoms with van der Waals surface area (Å²) in [6.45, 7) is 8.05. The maximum Gasteiger partial charge on any atom is 0.330 e. The number of methoxy groups -OCH3 is 1. The fourth-order valence-electron chi connectivity index (χ4n) is 4.03. The van der Waals surface area contributed by atoms with Crippen molar-refractivity contribution in [1.82, 2.24) is 9.97 Å². The first-order chi connectivity index (χ1) is 13.9. The quantitative estimate of drug-likeness (QED) is 0.692. The van der Waals surface area contributed by atoms with E-state index in [0.29, 0.717) is 28.9 Å². The monoisotopic (exact) mass is 396 g/mol. The lowest BCUT2D eigenvalue weighted by Crippen LogP contribution is -2.40. The molecule has 4 atom stereocenters. The first kappa shape index (κ1) is 21.0. The molecule has 0 saturated carbocycles. The summed E-state index contributed by atoms with van der Waals surface area (Å²) in [4.78, 5) is 24.4.